The van der Waals surface area contributed by atoms with Gasteiger partial charge in [0.05, 0.1) is 15.1 Å². The van der Waals surface area contributed by atoms with Gasteiger partial charge >= 0.3 is 6.03 Å². The van der Waals surface area contributed by atoms with Gasteiger partial charge in [-0.1, -0.05) is 46.9 Å². The van der Waals surface area contributed by atoms with Gasteiger partial charge in [0.1, 0.15) is 5.82 Å². The summed E-state index contributed by atoms with van der Waals surface area (Å²) in [7, 11) is 0. The molecular weight excluding hydrogens is 516 g/mol. The number of fused-ring (bicyclic) bond motifs is 1. The summed E-state index contributed by atoms with van der Waals surface area (Å²) < 4.78 is 24.1. The molecule has 1 aliphatic heterocycles. The summed E-state index contributed by atoms with van der Waals surface area (Å²) in [5.74, 6) is 0.915. The van der Waals surface area contributed by atoms with Crippen LogP contribution in [-0.2, 0) is 6.54 Å². The fourth-order valence-electron chi connectivity index (χ4n) is 3.68. The number of rotatable bonds is 9. The Balaban J connectivity index is 1.34. The maximum absolute atomic E-state index is 13.4. The lowest BCUT2D eigenvalue weighted by Gasteiger charge is -2.19. The molecule has 0 radical (unpaired) electrons. The second-order valence-electron chi connectivity index (χ2n) is 7.99. The number of benzene rings is 3. The van der Waals surface area contributed by atoms with Gasteiger partial charge in [-0.05, 0) is 66.6 Å². The summed E-state index contributed by atoms with van der Waals surface area (Å²) in [5, 5.41) is 9.80. The summed E-state index contributed by atoms with van der Waals surface area (Å²) >= 11 is 18.1. The number of carbonyl (C=O) groups excluding carboxylic acids is 1. The van der Waals surface area contributed by atoms with Crippen LogP contribution >= 0.6 is 34.8 Å². The van der Waals surface area contributed by atoms with E-state index in [0.29, 0.717) is 35.4 Å². The van der Waals surface area contributed by atoms with Crippen molar-refractivity contribution < 1.29 is 18.7 Å². The molecule has 1 unspecified atom stereocenters. The molecular formula is C25H23Cl3FN3O3. The molecule has 3 aromatic rings. The van der Waals surface area contributed by atoms with E-state index >= 15 is 0 Å². The van der Waals surface area contributed by atoms with Gasteiger partial charge in [0.15, 0.2) is 11.5 Å². The third-order valence-electron chi connectivity index (χ3n) is 5.54. The highest BCUT2D eigenvalue weighted by Crippen LogP contribution is 2.32. The van der Waals surface area contributed by atoms with Crippen molar-refractivity contribution in [1.29, 1.82) is 0 Å². The third-order valence-corrected chi connectivity index (χ3v) is 6.57. The fourth-order valence-corrected chi connectivity index (χ4v) is 4.16. The van der Waals surface area contributed by atoms with Crippen molar-refractivity contribution in [2.75, 3.05) is 25.2 Å². The van der Waals surface area contributed by atoms with E-state index in [9.17, 15) is 9.18 Å². The van der Waals surface area contributed by atoms with Crippen molar-refractivity contribution in [3.05, 3.63) is 86.6 Å². The smallest absolute Gasteiger partial charge is 0.319 e. The van der Waals surface area contributed by atoms with Crippen LogP contribution in [0.1, 0.15) is 23.5 Å². The number of hydrogen-bond acceptors (Lipinski definition) is 4. The number of nitrogens with one attached hydrogen (secondary N) is 3. The number of carbonyl (C=O) groups is 1. The molecule has 0 spiro atoms. The molecule has 35 heavy (non-hydrogen) atoms. The molecule has 2 amide bonds. The van der Waals surface area contributed by atoms with E-state index in [1.807, 2.05) is 30.3 Å². The molecule has 10 heteroatoms. The Kier molecular flexibility index (Phi) is 8.57. The minimum Gasteiger partial charge on any atom is -0.454 e. The van der Waals surface area contributed by atoms with Crippen LogP contribution in [0.2, 0.25) is 15.1 Å². The lowest BCUT2D eigenvalue weighted by Crippen LogP contribution is -2.33. The van der Waals surface area contributed by atoms with Gasteiger partial charge in [-0.2, -0.15) is 0 Å². The molecule has 0 saturated heterocycles. The van der Waals surface area contributed by atoms with Crippen molar-refractivity contribution in [2.24, 2.45) is 0 Å². The maximum atomic E-state index is 13.4. The van der Waals surface area contributed by atoms with E-state index in [0.717, 1.165) is 29.0 Å². The Morgan fingerprint density at radius 1 is 0.943 bits per heavy atom. The first kappa shape index (κ1) is 25.4. The van der Waals surface area contributed by atoms with Crippen LogP contribution in [0.4, 0.5) is 14.9 Å². The van der Waals surface area contributed by atoms with E-state index in [4.69, 9.17) is 44.3 Å². The van der Waals surface area contributed by atoms with Gasteiger partial charge in [-0.25, -0.2) is 9.18 Å². The zero-order valence-corrected chi connectivity index (χ0v) is 20.8. The summed E-state index contributed by atoms with van der Waals surface area (Å²) in [6.07, 6.45) is 0.727. The first-order valence-electron chi connectivity index (χ1n) is 10.9. The normalized spacial score (nSPS) is 12.9. The number of halogens is 4. The number of ether oxygens (including phenoxy) is 2. The van der Waals surface area contributed by atoms with Crippen molar-refractivity contribution in [2.45, 2.75) is 18.9 Å². The fraction of sp³-hybridized carbons (Fsp3) is 0.240. The standard InChI is InChI=1S/C25H23Cl3FN3O3/c26-19-4-2-16(10-20(19)27)17(13-31-25(33)32-18-3-5-22(29)21(28)11-18)7-8-30-12-15-1-6-23-24(9-15)35-14-34-23/h1-6,9-11,17,30H,7-8,12-14H2,(H2,31,32,33). The largest absolute Gasteiger partial charge is 0.454 e. The van der Waals surface area contributed by atoms with Gasteiger partial charge in [0.25, 0.3) is 0 Å². The first-order valence-corrected chi connectivity index (χ1v) is 12.1. The Morgan fingerprint density at radius 2 is 1.77 bits per heavy atom. The average Bonchev–Trinajstić information content (AvgIpc) is 3.31. The molecule has 0 fully saturated rings. The van der Waals surface area contributed by atoms with Crippen LogP contribution < -0.4 is 25.4 Å². The van der Waals surface area contributed by atoms with Gasteiger partial charge in [-0.15, -0.1) is 0 Å². The number of urea groups is 1. The second-order valence-corrected chi connectivity index (χ2v) is 9.21. The summed E-state index contributed by atoms with van der Waals surface area (Å²) in [5.41, 5.74) is 2.43. The number of anilines is 1. The zero-order chi connectivity index (χ0) is 24.8. The maximum Gasteiger partial charge on any atom is 0.319 e. The van der Waals surface area contributed by atoms with E-state index in [-0.39, 0.29) is 17.7 Å². The van der Waals surface area contributed by atoms with Gasteiger partial charge in [0, 0.05) is 24.7 Å². The van der Waals surface area contributed by atoms with Crippen LogP contribution in [0.25, 0.3) is 0 Å². The summed E-state index contributed by atoms with van der Waals surface area (Å²) in [6.45, 7) is 1.94. The Bertz CT molecular complexity index is 1210. The molecule has 4 rings (SSSR count). The number of hydrogen-bond donors (Lipinski definition) is 3. The highest BCUT2D eigenvalue weighted by Gasteiger charge is 2.16. The highest BCUT2D eigenvalue weighted by molar-refractivity contribution is 6.42. The zero-order valence-electron chi connectivity index (χ0n) is 18.5. The first-order chi connectivity index (χ1) is 16.9. The third kappa shape index (κ3) is 6.92. The lowest BCUT2D eigenvalue weighted by atomic mass is 9.95. The molecule has 0 aromatic heterocycles. The quantitative estimate of drug-likeness (QED) is 0.268. The molecule has 1 heterocycles. The van der Waals surface area contributed by atoms with Crippen LogP contribution in [0.5, 0.6) is 11.5 Å². The van der Waals surface area contributed by atoms with Crippen LogP contribution in [0.15, 0.2) is 54.6 Å². The van der Waals surface area contributed by atoms with Gasteiger partial charge in [-0.3, -0.25) is 0 Å². The number of amides is 2. The lowest BCUT2D eigenvalue weighted by molar-refractivity contribution is 0.174. The van der Waals surface area contributed by atoms with E-state index < -0.39 is 11.8 Å². The van der Waals surface area contributed by atoms with E-state index in [1.165, 1.54) is 18.2 Å². The average molecular weight is 539 g/mol. The predicted octanol–water partition coefficient (Wildman–Crippen LogP) is 6.60. The van der Waals surface area contributed by atoms with E-state index in [1.54, 1.807) is 6.07 Å². The van der Waals surface area contributed by atoms with Crippen LogP contribution in [0, 0.1) is 5.82 Å². The molecule has 184 valence electrons. The van der Waals surface area contributed by atoms with Crippen molar-refractivity contribution >= 4 is 46.5 Å². The molecule has 1 aliphatic rings. The highest BCUT2D eigenvalue weighted by atomic mass is 35.5. The molecule has 0 bridgehead atoms. The van der Waals surface area contributed by atoms with Crippen LogP contribution in [0.3, 0.4) is 0 Å². The monoisotopic (exact) mass is 537 g/mol. The van der Waals surface area contributed by atoms with Crippen LogP contribution in [-0.4, -0.2) is 25.9 Å². The van der Waals surface area contributed by atoms with Crippen molar-refractivity contribution in [1.82, 2.24) is 10.6 Å². The molecule has 6 nitrogen and oxygen atoms in total. The molecule has 0 saturated carbocycles. The van der Waals surface area contributed by atoms with Crippen molar-refractivity contribution in [3.63, 3.8) is 0 Å². The second kappa shape index (κ2) is 11.8. The van der Waals surface area contributed by atoms with Gasteiger partial charge < -0.3 is 25.4 Å². The minimum absolute atomic E-state index is 0.0309. The molecule has 3 aromatic carbocycles. The van der Waals surface area contributed by atoms with Crippen molar-refractivity contribution in [3.8, 4) is 11.5 Å². The molecule has 0 aliphatic carbocycles. The predicted molar refractivity (Wildman–Crippen MR) is 137 cm³/mol. The molecule has 1 atom stereocenters. The summed E-state index contributed by atoms with van der Waals surface area (Å²) in [6, 6.07) is 14.9. The Labute approximate surface area is 217 Å². The SMILES string of the molecule is O=C(NCC(CCNCc1ccc2c(c1)OCO2)c1ccc(Cl)c(Cl)c1)Nc1ccc(F)c(Cl)c1. The molecule has 3 N–H and O–H groups in total. The minimum atomic E-state index is -0.550. The van der Waals surface area contributed by atoms with Gasteiger partial charge in [0.2, 0.25) is 6.79 Å². The van der Waals surface area contributed by atoms with E-state index in [2.05, 4.69) is 16.0 Å². The topological polar surface area (TPSA) is 71.6 Å². The Morgan fingerprint density at radius 3 is 2.57 bits per heavy atom. The summed E-state index contributed by atoms with van der Waals surface area (Å²) in [4.78, 5) is 12.4. The Hall–Kier alpha value is -2.71.